The van der Waals surface area contributed by atoms with Crippen molar-refractivity contribution in [1.29, 1.82) is 0 Å². The van der Waals surface area contributed by atoms with E-state index in [0.717, 1.165) is 12.1 Å². The predicted molar refractivity (Wildman–Crippen MR) is 66.8 cm³/mol. The highest BCUT2D eigenvalue weighted by atomic mass is 19.1. The first-order valence-corrected chi connectivity index (χ1v) is 5.58. The number of amides is 1. The number of carbonyl (C=O) groups is 1. The number of hydrogen-bond acceptors (Lipinski definition) is 2. The third-order valence-electron chi connectivity index (χ3n) is 2.53. The normalized spacial score (nSPS) is 10.2. The van der Waals surface area contributed by atoms with Crippen molar-refractivity contribution in [2.45, 2.75) is 6.42 Å². The quantitative estimate of drug-likeness (QED) is 0.894. The minimum absolute atomic E-state index is 0.0337. The van der Waals surface area contributed by atoms with Crippen LogP contribution in [0.1, 0.15) is 5.56 Å². The fourth-order valence-corrected chi connectivity index (χ4v) is 1.60. The number of hydrogen-bond donors (Lipinski definition) is 2. The van der Waals surface area contributed by atoms with Gasteiger partial charge < -0.3 is 10.4 Å². The van der Waals surface area contributed by atoms with Crippen molar-refractivity contribution in [3.63, 3.8) is 0 Å². The van der Waals surface area contributed by atoms with Gasteiger partial charge in [0.15, 0.2) is 0 Å². The van der Waals surface area contributed by atoms with E-state index in [4.69, 9.17) is 5.11 Å². The van der Waals surface area contributed by atoms with Crippen molar-refractivity contribution in [1.82, 2.24) is 0 Å². The van der Waals surface area contributed by atoms with Crippen LogP contribution in [0.15, 0.2) is 42.5 Å². The van der Waals surface area contributed by atoms with Crippen molar-refractivity contribution in [3.05, 3.63) is 59.7 Å². The van der Waals surface area contributed by atoms with Crippen LogP contribution < -0.4 is 5.32 Å². The Bertz CT molecular complexity index is 577. The minimum atomic E-state index is -0.820. The summed E-state index contributed by atoms with van der Waals surface area (Å²) >= 11 is 0. The number of phenolic OH excluding ortho intramolecular Hbond substituents is 1. The highest BCUT2D eigenvalue weighted by molar-refractivity contribution is 5.92. The molecule has 2 aromatic rings. The topological polar surface area (TPSA) is 49.3 Å². The van der Waals surface area contributed by atoms with Gasteiger partial charge in [0.05, 0.1) is 6.42 Å². The number of halogens is 2. The van der Waals surface area contributed by atoms with E-state index in [9.17, 15) is 13.6 Å². The Labute approximate surface area is 108 Å². The molecule has 0 atom stereocenters. The maximum Gasteiger partial charge on any atom is 0.228 e. The molecule has 0 radical (unpaired) electrons. The second-order valence-electron chi connectivity index (χ2n) is 3.99. The Morgan fingerprint density at radius 3 is 2.21 bits per heavy atom. The van der Waals surface area contributed by atoms with E-state index < -0.39 is 23.2 Å². The number of rotatable bonds is 3. The molecule has 3 nitrogen and oxygen atoms in total. The van der Waals surface area contributed by atoms with Crippen LogP contribution in [0.3, 0.4) is 0 Å². The summed E-state index contributed by atoms with van der Waals surface area (Å²) in [6.07, 6.45) is -0.0337. The van der Waals surface area contributed by atoms with E-state index in [1.165, 1.54) is 18.2 Å². The molecule has 0 saturated carbocycles. The van der Waals surface area contributed by atoms with Gasteiger partial charge in [-0.2, -0.15) is 0 Å². The number of phenols is 1. The van der Waals surface area contributed by atoms with Crippen molar-refractivity contribution >= 4 is 11.6 Å². The van der Waals surface area contributed by atoms with Crippen LogP contribution in [0, 0.1) is 11.6 Å². The fourth-order valence-electron chi connectivity index (χ4n) is 1.60. The molecule has 0 aliphatic carbocycles. The van der Waals surface area contributed by atoms with Crippen LogP contribution in [0.2, 0.25) is 0 Å². The van der Waals surface area contributed by atoms with Crippen molar-refractivity contribution < 1.29 is 18.7 Å². The number of nitrogens with one attached hydrogen (secondary N) is 1. The molecule has 0 aromatic heterocycles. The first kappa shape index (κ1) is 13.0. The second kappa shape index (κ2) is 5.48. The molecular formula is C14H11F2NO2. The van der Waals surface area contributed by atoms with Crippen LogP contribution in [-0.4, -0.2) is 11.0 Å². The summed E-state index contributed by atoms with van der Waals surface area (Å²) in [5.74, 6) is -2.09. The van der Waals surface area contributed by atoms with E-state index >= 15 is 0 Å². The third-order valence-corrected chi connectivity index (χ3v) is 2.53. The highest BCUT2D eigenvalue weighted by Crippen LogP contribution is 2.18. The number of anilines is 1. The molecular weight excluding hydrogens is 252 g/mol. The molecule has 0 spiro atoms. The molecule has 19 heavy (non-hydrogen) atoms. The third kappa shape index (κ3) is 3.28. The second-order valence-corrected chi connectivity index (χ2v) is 3.99. The fraction of sp³-hybridized carbons (Fsp3) is 0.0714. The number of aromatic hydroxyl groups is 1. The Balaban J connectivity index is 2.07. The maximum atomic E-state index is 13.3. The number of benzene rings is 2. The van der Waals surface area contributed by atoms with E-state index in [-0.39, 0.29) is 12.2 Å². The number of carbonyl (C=O) groups excluding carboxylic acids is 1. The van der Waals surface area contributed by atoms with Gasteiger partial charge in [0.2, 0.25) is 5.91 Å². The summed E-state index contributed by atoms with van der Waals surface area (Å²) in [7, 11) is 0. The zero-order valence-corrected chi connectivity index (χ0v) is 9.86. The first-order chi connectivity index (χ1) is 9.06. The zero-order chi connectivity index (χ0) is 13.8. The molecule has 0 aliphatic heterocycles. The van der Waals surface area contributed by atoms with Gasteiger partial charge in [0.1, 0.15) is 23.1 Å². The monoisotopic (exact) mass is 263 g/mol. The summed E-state index contributed by atoms with van der Waals surface area (Å²) in [5.41, 5.74) is 0.179. The molecule has 98 valence electrons. The Hall–Kier alpha value is -2.43. The Kier molecular flexibility index (Phi) is 3.75. The zero-order valence-electron chi connectivity index (χ0n) is 9.86. The van der Waals surface area contributed by atoms with E-state index in [0.29, 0.717) is 5.56 Å². The van der Waals surface area contributed by atoms with Crippen LogP contribution in [0.4, 0.5) is 14.5 Å². The summed E-state index contributed by atoms with van der Waals surface area (Å²) in [5, 5.41) is 11.3. The molecule has 0 fully saturated rings. The lowest BCUT2D eigenvalue weighted by Crippen LogP contribution is -2.16. The van der Waals surface area contributed by atoms with Gasteiger partial charge in [-0.25, -0.2) is 8.78 Å². The molecule has 0 unspecified atom stereocenters. The largest absolute Gasteiger partial charge is 0.508 e. The Morgan fingerprint density at radius 2 is 1.63 bits per heavy atom. The predicted octanol–water partition coefficient (Wildman–Crippen LogP) is 2.85. The molecule has 0 saturated heterocycles. The first-order valence-electron chi connectivity index (χ1n) is 5.58. The summed E-state index contributed by atoms with van der Waals surface area (Å²) in [6, 6.07) is 9.36. The summed E-state index contributed by atoms with van der Waals surface area (Å²) in [6.45, 7) is 0. The van der Waals surface area contributed by atoms with Crippen LogP contribution in [-0.2, 0) is 11.2 Å². The van der Waals surface area contributed by atoms with Gasteiger partial charge in [-0.15, -0.1) is 0 Å². The standard InChI is InChI=1S/C14H11F2NO2/c15-11-2-1-3-12(16)14(11)17-13(19)8-9-4-6-10(18)7-5-9/h1-7,18H,8H2,(H,17,19). The van der Waals surface area contributed by atoms with Gasteiger partial charge >= 0.3 is 0 Å². The van der Waals surface area contributed by atoms with Gasteiger partial charge in [-0.05, 0) is 29.8 Å². The molecule has 2 N–H and O–H groups in total. The number of para-hydroxylation sites is 1. The molecule has 1 amide bonds. The van der Waals surface area contributed by atoms with Crippen molar-refractivity contribution in [3.8, 4) is 5.75 Å². The van der Waals surface area contributed by atoms with Gasteiger partial charge in [0.25, 0.3) is 0 Å². The summed E-state index contributed by atoms with van der Waals surface area (Å²) in [4.78, 5) is 11.7. The van der Waals surface area contributed by atoms with Gasteiger partial charge in [-0.1, -0.05) is 18.2 Å². The lowest BCUT2D eigenvalue weighted by Gasteiger charge is -2.07. The van der Waals surface area contributed by atoms with Crippen LogP contribution in [0.5, 0.6) is 5.75 Å². The van der Waals surface area contributed by atoms with Gasteiger partial charge in [0, 0.05) is 0 Å². The molecule has 0 bridgehead atoms. The smallest absolute Gasteiger partial charge is 0.228 e. The van der Waals surface area contributed by atoms with Crippen molar-refractivity contribution in [2.24, 2.45) is 0 Å². The molecule has 2 rings (SSSR count). The van der Waals surface area contributed by atoms with E-state index in [1.807, 2.05) is 0 Å². The van der Waals surface area contributed by atoms with Gasteiger partial charge in [-0.3, -0.25) is 4.79 Å². The molecule has 0 heterocycles. The van der Waals surface area contributed by atoms with Crippen molar-refractivity contribution in [2.75, 3.05) is 5.32 Å². The minimum Gasteiger partial charge on any atom is -0.508 e. The average Bonchev–Trinajstić information content (AvgIpc) is 2.37. The molecule has 2 aromatic carbocycles. The maximum absolute atomic E-state index is 13.3. The lowest BCUT2D eigenvalue weighted by molar-refractivity contribution is -0.115. The Morgan fingerprint density at radius 1 is 1.05 bits per heavy atom. The lowest BCUT2D eigenvalue weighted by atomic mass is 10.1. The summed E-state index contributed by atoms with van der Waals surface area (Å²) < 4.78 is 26.6. The van der Waals surface area contributed by atoms with Crippen LogP contribution in [0.25, 0.3) is 0 Å². The highest BCUT2D eigenvalue weighted by Gasteiger charge is 2.12. The SMILES string of the molecule is O=C(Cc1ccc(O)cc1)Nc1c(F)cccc1F. The van der Waals surface area contributed by atoms with E-state index in [2.05, 4.69) is 5.32 Å². The van der Waals surface area contributed by atoms with Crippen LogP contribution >= 0.6 is 0 Å². The molecule has 5 heteroatoms. The van der Waals surface area contributed by atoms with E-state index in [1.54, 1.807) is 12.1 Å². The average molecular weight is 263 g/mol. The molecule has 0 aliphatic rings.